The Morgan fingerprint density at radius 3 is 1.06 bits per heavy atom. The number of rotatable bonds is 6. The molecule has 0 radical (unpaired) electrons. The van der Waals surface area contributed by atoms with Gasteiger partial charge in [-0.3, -0.25) is 23.4 Å². The van der Waals surface area contributed by atoms with E-state index in [9.17, 15) is 0 Å². The predicted octanol–water partition coefficient (Wildman–Crippen LogP) is -3.09. The van der Waals surface area contributed by atoms with E-state index in [-0.39, 0.29) is 0 Å². The molecule has 0 aromatic rings. The molecule has 108 valence electrons. The third-order valence-corrected chi connectivity index (χ3v) is 9.17. The summed E-state index contributed by atoms with van der Waals surface area (Å²) in [6, 6.07) is 0. The molecule has 10 nitrogen and oxygen atoms in total. The van der Waals surface area contributed by atoms with Gasteiger partial charge in [0.1, 0.15) is 0 Å². The van der Waals surface area contributed by atoms with Crippen molar-refractivity contribution in [2.45, 2.75) is 0 Å². The quantitative estimate of drug-likeness (QED) is 0.141. The highest BCUT2D eigenvalue weighted by molar-refractivity contribution is 8.11. The molecule has 0 aliphatic carbocycles. The van der Waals surface area contributed by atoms with Crippen LogP contribution in [-0.4, -0.2) is 35.5 Å². The van der Waals surface area contributed by atoms with Crippen LogP contribution in [0.15, 0.2) is 0 Å². The molecular weight excluding hydrogens is 314 g/mol. The average molecular weight is 334 g/mol. The lowest BCUT2D eigenvalue weighted by atomic mass is 10.4. The van der Waals surface area contributed by atoms with Crippen LogP contribution in [0.2, 0.25) is 0 Å². The first kappa shape index (κ1) is 17.0. The van der Waals surface area contributed by atoms with Gasteiger partial charge in [-0.2, -0.15) is 0 Å². The zero-order chi connectivity index (χ0) is 13.8. The standard InChI is InChI=1S/C4H20N10P2S2/c5-9-15(17,10-6)13-1-2-14(4-3-13)16(18,11-7)12-8/h1-8H2,(H2,9,10,17)(H2,11,12,18). The highest BCUT2D eigenvalue weighted by Crippen LogP contribution is 2.44. The van der Waals surface area contributed by atoms with E-state index in [0.717, 1.165) is 0 Å². The molecule has 0 aromatic carbocycles. The molecule has 18 heavy (non-hydrogen) atoms. The number of hydrogen-bond acceptors (Lipinski definition) is 6. The summed E-state index contributed by atoms with van der Waals surface area (Å²) < 4.78 is 4.01. The topological polar surface area (TPSA) is 159 Å². The number of nitrogens with two attached hydrogens (primary N) is 4. The van der Waals surface area contributed by atoms with Crippen LogP contribution in [-0.2, 0) is 23.6 Å². The Morgan fingerprint density at radius 2 is 0.889 bits per heavy atom. The molecule has 1 aliphatic rings. The smallest absolute Gasteiger partial charge is 0.166 e. The summed E-state index contributed by atoms with van der Waals surface area (Å²) in [5.41, 5.74) is 0. The predicted molar refractivity (Wildman–Crippen MR) is 81.0 cm³/mol. The van der Waals surface area contributed by atoms with Gasteiger partial charge in [0.25, 0.3) is 0 Å². The Kier molecular flexibility index (Phi) is 6.65. The molecule has 1 rings (SSSR count). The highest BCUT2D eigenvalue weighted by Gasteiger charge is 2.32. The largest absolute Gasteiger partial charge is 0.265 e. The van der Waals surface area contributed by atoms with E-state index in [1.807, 2.05) is 9.34 Å². The number of hydrazine groups is 4. The first-order valence-electron chi connectivity index (χ1n) is 5.08. The Bertz CT molecular complexity index is 306. The molecular formula is C4H20N10P2S2. The van der Waals surface area contributed by atoms with Crippen molar-refractivity contribution in [3.05, 3.63) is 0 Å². The molecule has 1 heterocycles. The van der Waals surface area contributed by atoms with Gasteiger partial charge >= 0.3 is 0 Å². The fourth-order valence-corrected chi connectivity index (χ4v) is 4.92. The lowest BCUT2D eigenvalue weighted by Gasteiger charge is -2.43. The fraction of sp³-hybridized carbons (Fsp3) is 1.00. The van der Waals surface area contributed by atoms with Crippen molar-refractivity contribution >= 4 is 36.6 Å². The van der Waals surface area contributed by atoms with Crippen molar-refractivity contribution in [1.82, 2.24) is 30.1 Å². The monoisotopic (exact) mass is 334 g/mol. The van der Waals surface area contributed by atoms with Crippen LogP contribution in [0.1, 0.15) is 0 Å². The minimum atomic E-state index is -2.28. The van der Waals surface area contributed by atoms with Crippen molar-refractivity contribution in [1.29, 1.82) is 0 Å². The van der Waals surface area contributed by atoms with E-state index in [1.165, 1.54) is 0 Å². The maximum absolute atomic E-state index is 5.44. The second-order valence-electron chi connectivity index (χ2n) is 3.58. The minimum Gasteiger partial charge on any atom is -0.265 e. The van der Waals surface area contributed by atoms with Gasteiger partial charge in [-0.25, -0.2) is 30.1 Å². The van der Waals surface area contributed by atoms with Crippen LogP contribution in [0.5, 0.6) is 0 Å². The molecule has 0 saturated carbocycles. The zero-order valence-electron chi connectivity index (χ0n) is 9.74. The van der Waals surface area contributed by atoms with Crippen molar-refractivity contribution in [2.24, 2.45) is 23.4 Å². The Labute approximate surface area is 116 Å². The number of nitrogens with one attached hydrogen (secondary N) is 4. The summed E-state index contributed by atoms with van der Waals surface area (Å²) in [4.78, 5) is 0. The third-order valence-electron chi connectivity index (χ3n) is 2.73. The summed E-state index contributed by atoms with van der Waals surface area (Å²) in [7, 11) is 0. The van der Waals surface area contributed by atoms with Crippen LogP contribution in [0, 0.1) is 0 Å². The normalized spacial score (nSPS) is 20.2. The van der Waals surface area contributed by atoms with Gasteiger partial charge in [0.15, 0.2) is 13.0 Å². The van der Waals surface area contributed by atoms with Gasteiger partial charge in [-0.15, -0.1) is 0 Å². The average Bonchev–Trinajstić information content (AvgIpc) is 2.45. The maximum atomic E-state index is 5.44. The van der Waals surface area contributed by atoms with Crippen molar-refractivity contribution in [3.8, 4) is 0 Å². The van der Waals surface area contributed by atoms with Gasteiger partial charge in [-0.05, 0) is 23.6 Å². The molecule has 14 heteroatoms. The summed E-state index contributed by atoms with van der Waals surface area (Å²) in [6.45, 7) is -1.87. The second-order valence-corrected chi connectivity index (χ2v) is 11.2. The third kappa shape index (κ3) is 3.51. The lowest BCUT2D eigenvalue weighted by Crippen LogP contribution is -2.52. The number of nitrogens with zero attached hydrogens (tertiary/aromatic N) is 2. The zero-order valence-corrected chi connectivity index (χ0v) is 13.2. The van der Waals surface area contributed by atoms with Crippen LogP contribution >= 0.6 is 13.0 Å². The van der Waals surface area contributed by atoms with E-state index in [0.29, 0.717) is 26.2 Å². The van der Waals surface area contributed by atoms with Crippen molar-refractivity contribution in [3.63, 3.8) is 0 Å². The van der Waals surface area contributed by atoms with Gasteiger partial charge in [0, 0.05) is 26.2 Å². The molecule has 0 bridgehead atoms. The van der Waals surface area contributed by atoms with Gasteiger partial charge in [-0.1, -0.05) is 0 Å². The molecule has 1 fully saturated rings. The van der Waals surface area contributed by atoms with Gasteiger partial charge < -0.3 is 0 Å². The van der Waals surface area contributed by atoms with Gasteiger partial charge in [0.05, 0.1) is 0 Å². The first-order valence-corrected chi connectivity index (χ1v) is 10.6. The van der Waals surface area contributed by atoms with E-state index in [2.05, 4.69) is 20.8 Å². The molecule has 0 amide bonds. The lowest BCUT2D eigenvalue weighted by molar-refractivity contribution is 0.284. The van der Waals surface area contributed by atoms with Crippen LogP contribution in [0.3, 0.4) is 0 Å². The second kappa shape index (κ2) is 7.07. The molecule has 1 aliphatic heterocycles. The Balaban J connectivity index is 2.67. The first-order chi connectivity index (χ1) is 8.45. The van der Waals surface area contributed by atoms with Crippen LogP contribution in [0.25, 0.3) is 0 Å². The van der Waals surface area contributed by atoms with Crippen LogP contribution in [0.4, 0.5) is 0 Å². The molecule has 0 spiro atoms. The minimum absolute atomic E-state index is 0.674. The Hall–Kier alpha value is 0.900. The molecule has 1 saturated heterocycles. The molecule has 0 unspecified atom stereocenters. The molecule has 12 N–H and O–H groups in total. The number of hydrogen-bond donors (Lipinski definition) is 8. The van der Waals surface area contributed by atoms with Crippen molar-refractivity contribution in [2.75, 3.05) is 26.2 Å². The highest BCUT2D eigenvalue weighted by atomic mass is 32.5. The maximum Gasteiger partial charge on any atom is 0.166 e. The van der Waals surface area contributed by atoms with E-state index >= 15 is 0 Å². The van der Waals surface area contributed by atoms with E-state index in [4.69, 9.17) is 47.0 Å². The molecule has 0 aromatic heterocycles. The summed E-state index contributed by atoms with van der Waals surface area (Å²) in [6.07, 6.45) is 0. The molecule has 0 atom stereocenters. The van der Waals surface area contributed by atoms with Crippen molar-refractivity contribution < 1.29 is 0 Å². The summed E-state index contributed by atoms with van der Waals surface area (Å²) in [5, 5.41) is 10.3. The van der Waals surface area contributed by atoms with E-state index < -0.39 is 13.0 Å². The Morgan fingerprint density at radius 1 is 0.667 bits per heavy atom. The summed E-state index contributed by atoms with van der Waals surface area (Å²) in [5.74, 6) is 21.8. The van der Waals surface area contributed by atoms with E-state index in [1.54, 1.807) is 0 Å². The van der Waals surface area contributed by atoms with Crippen LogP contribution < -0.4 is 44.2 Å². The fourth-order valence-electron chi connectivity index (χ4n) is 1.65. The SMILES string of the molecule is NNP(=S)(NN)N1CCN(P(=S)(NN)NN)CC1. The van der Waals surface area contributed by atoms with Gasteiger partial charge in [0.2, 0.25) is 0 Å². The summed E-state index contributed by atoms with van der Waals surface area (Å²) >= 11 is 10.7. The number of piperazine rings is 1.